The van der Waals surface area contributed by atoms with E-state index in [2.05, 4.69) is 9.97 Å². The van der Waals surface area contributed by atoms with Gasteiger partial charge < -0.3 is 4.42 Å². The number of fused-ring (bicyclic) bond motifs is 7. The zero-order valence-corrected chi connectivity index (χ0v) is 12.1. The summed E-state index contributed by atoms with van der Waals surface area (Å²) in [6, 6.07) is 11.5. The van der Waals surface area contributed by atoms with E-state index in [9.17, 15) is 4.79 Å². The Balaban J connectivity index is 2.18. The van der Waals surface area contributed by atoms with E-state index >= 15 is 0 Å². The first-order valence-corrected chi connectivity index (χ1v) is 7.62. The number of hydrogen-bond donors (Lipinski definition) is 0. The van der Waals surface area contributed by atoms with Crippen LogP contribution in [0.4, 0.5) is 0 Å². The molecule has 5 rings (SSSR count). The van der Waals surface area contributed by atoms with Crippen LogP contribution >= 0.6 is 11.3 Å². The lowest BCUT2D eigenvalue weighted by atomic mass is 10.1. The molecule has 0 aliphatic rings. The highest BCUT2D eigenvalue weighted by molar-refractivity contribution is 7.26. The Kier molecular flexibility index (Phi) is 2.21. The van der Waals surface area contributed by atoms with Gasteiger partial charge in [0.15, 0.2) is 0 Å². The molecular formula is C17H8N2O2S. The van der Waals surface area contributed by atoms with Gasteiger partial charge in [0, 0.05) is 28.6 Å². The lowest BCUT2D eigenvalue weighted by Crippen LogP contribution is -2.00. The van der Waals surface area contributed by atoms with Gasteiger partial charge in [-0.25, -0.2) is 9.78 Å². The van der Waals surface area contributed by atoms with E-state index in [0.29, 0.717) is 11.0 Å². The summed E-state index contributed by atoms with van der Waals surface area (Å²) >= 11 is 1.56. The van der Waals surface area contributed by atoms with Crippen LogP contribution in [-0.4, -0.2) is 9.97 Å². The van der Waals surface area contributed by atoms with Gasteiger partial charge in [0.25, 0.3) is 0 Å². The number of pyridine rings is 2. The fourth-order valence-electron chi connectivity index (χ4n) is 2.87. The van der Waals surface area contributed by atoms with Gasteiger partial charge in [0.1, 0.15) is 10.4 Å². The van der Waals surface area contributed by atoms with Crippen molar-refractivity contribution in [3.8, 4) is 0 Å². The van der Waals surface area contributed by atoms with Crippen LogP contribution in [0.1, 0.15) is 0 Å². The second-order valence-electron chi connectivity index (χ2n) is 5.07. The molecule has 0 fully saturated rings. The number of para-hydroxylation sites is 1. The molecule has 0 radical (unpaired) electrons. The van der Waals surface area contributed by atoms with Crippen molar-refractivity contribution in [2.45, 2.75) is 0 Å². The highest BCUT2D eigenvalue weighted by atomic mass is 32.1. The van der Waals surface area contributed by atoms with E-state index < -0.39 is 0 Å². The standard InChI is InChI=1S/C17H8N2O2S/c20-17-11-8-19-14-10-5-3-7-18-16(10)22-15(14)13(11)9-4-1-2-6-12(9)21-17/h1-8H. The minimum atomic E-state index is -0.353. The molecule has 0 aliphatic carbocycles. The Hall–Kier alpha value is -2.79. The molecule has 4 heterocycles. The summed E-state index contributed by atoms with van der Waals surface area (Å²) in [5, 5.41) is 3.36. The van der Waals surface area contributed by atoms with Crippen molar-refractivity contribution in [2.75, 3.05) is 0 Å². The zero-order chi connectivity index (χ0) is 14.7. The quantitative estimate of drug-likeness (QED) is 0.319. The van der Waals surface area contributed by atoms with E-state index in [1.807, 2.05) is 36.4 Å². The molecule has 5 aromatic rings. The van der Waals surface area contributed by atoms with Gasteiger partial charge >= 0.3 is 5.63 Å². The SMILES string of the molecule is O=c1oc2ccccc2c2c1cnc1c3cccnc3sc12. The highest BCUT2D eigenvalue weighted by Gasteiger charge is 2.15. The molecule has 0 spiro atoms. The van der Waals surface area contributed by atoms with Crippen LogP contribution in [0.3, 0.4) is 0 Å². The molecule has 104 valence electrons. The molecule has 0 N–H and O–H groups in total. The molecule has 22 heavy (non-hydrogen) atoms. The molecule has 0 aliphatic heterocycles. The minimum absolute atomic E-state index is 0.353. The fourth-order valence-corrected chi connectivity index (χ4v) is 4.04. The molecule has 1 aromatic carbocycles. The Morgan fingerprint density at radius 1 is 0.955 bits per heavy atom. The van der Waals surface area contributed by atoms with E-state index in [0.717, 1.165) is 31.2 Å². The normalized spacial score (nSPS) is 11.8. The maximum atomic E-state index is 12.2. The van der Waals surface area contributed by atoms with E-state index in [4.69, 9.17) is 4.42 Å². The first-order valence-electron chi connectivity index (χ1n) is 6.81. The lowest BCUT2D eigenvalue weighted by molar-refractivity contribution is 0.569. The summed E-state index contributed by atoms with van der Waals surface area (Å²) in [7, 11) is 0. The largest absolute Gasteiger partial charge is 0.422 e. The summed E-state index contributed by atoms with van der Waals surface area (Å²) < 4.78 is 6.37. The molecule has 0 atom stereocenters. The predicted octanol–water partition coefficient (Wildman–Crippen LogP) is 4.10. The smallest absolute Gasteiger partial charge is 0.345 e. The van der Waals surface area contributed by atoms with Gasteiger partial charge in [0.05, 0.1) is 15.6 Å². The van der Waals surface area contributed by atoms with Crippen LogP contribution < -0.4 is 5.63 Å². The Labute approximate surface area is 127 Å². The van der Waals surface area contributed by atoms with Crippen molar-refractivity contribution in [3.63, 3.8) is 0 Å². The summed E-state index contributed by atoms with van der Waals surface area (Å²) in [5.41, 5.74) is 1.13. The van der Waals surface area contributed by atoms with Crippen LogP contribution in [0.5, 0.6) is 0 Å². The lowest BCUT2D eigenvalue weighted by Gasteiger charge is -2.02. The molecule has 4 aromatic heterocycles. The van der Waals surface area contributed by atoms with Crippen LogP contribution in [0.15, 0.2) is 58.0 Å². The Bertz CT molecular complexity index is 1250. The summed E-state index contributed by atoms with van der Waals surface area (Å²) in [4.78, 5) is 22.0. The van der Waals surface area contributed by atoms with Crippen molar-refractivity contribution >= 4 is 53.5 Å². The van der Waals surface area contributed by atoms with Gasteiger partial charge in [-0.2, -0.15) is 0 Å². The van der Waals surface area contributed by atoms with Crippen LogP contribution in [0, 0.1) is 0 Å². The predicted molar refractivity (Wildman–Crippen MR) is 88.5 cm³/mol. The van der Waals surface area contributed by atoms with Crippen molar-refractivity contribution in [1.29, 1.82) is 0 Å². The number of rotatable bonds is 0. The molecule has 0 unspecified atom stereocenters. The second kappa shape index (κ2) is 4.11. The number of nitrogens with zero attached hydrogens (tertiary/aromatic N) is 2. The molecule has 5 heteroatoms. The Morgan fingerprint density at radius 3 is 2.77 bits per heavy atom. The van der Waals surface area contributed by atoms with Crippen LogP contribution in [0.2, 0.25) is 0 Å². The van der Waals surface area contributed by atoms with Gasteiger partial charge in [-0.3, -0.25) is 4.98 Å². The molecule has 4 nitrogen and oxygen atoms in total. The van der Waals surface area contributed by atoms with E-state index in [1.165, 1.54) is 0 Å². The highest BCUT2D eigenvalue weighted by Crippen LogP contribution is 2.37. The molecule has 0 bridgehead atoms. The third-order valence-corrected chi connectivity index (χ3v) is 4.96. The van der Waals surface area contributed by atoms with Crippen molar-refractivity contribution in [2.24, 2.45) is 0 Å². The van der Waals surface area contributed by atoms with Crippen molar-refractivity contribution in [3.05, 3.63) is 59.2 Å². The minimum Gasteiger partial charge on any atom is -0.422 e. The van der Waals surface area contributed by atoms with Gasteiger partial charge in [-0.15, -0.1) is 11.3 Å². The maximum Gasteiger partial charge on any atom is 0.345 e. The maximum absolute atomic E-state index is 12.2. The zero-order valence-electron chi connectivity index (χ0n) is 11.2. The van der Waals surface area contributed by atoms with Crippen molar-refractivity contribution in [1.82, 2.24) is 9.97 Å². The summed E-state index contributed by atoms with van der Waals surface area (Å²) in [6.07, 6.45) is 3.38. The van der Waals surface area contributed by atoms with Crippen LogP contribution in [-0.2, 0) is 0 Å². The second-order valence-corrected chi connectivity index (χ2v) is 6.07. The molecule has 0 amide bonds. The molecular weight excluding hydrogens is 296 g/mol. The van der Waals surface area contributed by atoms with Gasteiger partial charge in [0.2, 0.25) is 0 Å². The van der Waals surface area contributed by atoms with Crippen molar-refractivity contribution < 1.29 is 4.42 Å². The first kappa shape index (κ1) is 11.8. The van der Waals surface area contributed by atoms with Gasteiger partial charge in [-0.05, 0) is 18.2 Å². The Morgan fingerprint density at radius 2 is 1.82 bits per heavy atom. The average Bonchev–Trinajstić information content (AvgIpc) is 2.93. The monoisotopic (exact) mass is 304 g/mol. The third kappa shape index (κ3) is 1.43. The van der Waals surface area contributed by atoms with Crippen LogP contribution in [0.25, 0.3) is 42.2 Å². The van der Waals surface area contributed by atoms with Gasteiger partial charge in [-0.1, -0.05) is 18.2 Å². The third-order valence-electron chi connectivity index (χ3n) is 3.84. The van der Waals surface area contributed by atoms with E-state index in [-0.39, 0.29) is 5.63 Å². The van der Waals surface area contributed by atoms with E-state index in [1.54, 1.807) is 23.7 Å². The number of hydrogen-bond acceptors (Lipinski definition) is 5. The summed E-state index contributed by atoms with van der Waals surface area (Å²) in [6.45, 7) is 0. The summed E-state index contributed by atoms with van der Waals surface area (Å²) in [5.74, 6) is 0. The topological polar surface area (TPSA) is 56.0 Å². The number of aromatic nitrogens is 2. The average molecular weight is 304 g/mol. The fraction of sp³-hybridized carbons (Fsp3) is 0. The number of benzene rings is 1. The molecule has 0 saturated carbocycles. The molecule has 0 saturated heterocycles. The number of thiophene rings is 1. The first-order chi connectivity index (χ1) is 10.8.